The van der Waals surface area contributed by atoms with Crippen LogP contribution in [0.1, 0.15) is 39.5 Å². The highest BCUT2D eigenvalue weighted by atomic mass is 35.5. The first kappa shape index (κ1) is 14.3. The maximum absolute atomic E-state index is 12.1. The van der Waals surface area contributed by atoms with Crippen molar-refractivity contribution in [1.82, 2.24) is 5.32 Å². The van der Waals surface area contributed by atoms with Gasteiger partial charge in [-0.3, -0.25) is 0 Å². The van der Waals surface area contributed by atoms with E-state index in [4.69, 9.17) is 0 Å². The first-order valence-corrected chi connectivity index (χ1v) is 7.66. The van der Waals surface area contributed by atoms with E-state index in [0.717, 1.165) is 12.8 Å². The van der Waals surface area contributed by atoms with Gasteiger partial charge in [0.15, 0.2) is 9.84 Å². The molecule has 0 radical (unpaired) electrons. The van der Waals surface area contributed by atoms with Gasteiger partial charge in [-0.2, -0.15) is 0 Å². The Kier molecular flexibility index (Phi) is 4.66. The molecule has 2 atom stereocenters. The summed E-state index contributed by atoms with van der Waals surface area (Å²) in [6, 6.07) is 0.936. The van der Waals surface area contributed by atoms with E-state index in [2.05, 4.69) is 5.32 Å². The van der Waals surface area contributed by atoms with Gasteiger partial charge in [0, 0.05) is 12.1 Å². The van der Waals surface area contributed by atoms with Crippen LogP contribution < -0.4 is 5.32 Å². The molecule has 2 rings (SSSR count). The predicted molar refractivity (Wildman–Crippen MR) is 68.8 cm³/mol. The number of piperidine rings is 1. The molecular weight excluding hydrogens is 246 g/mol. The number of halogens is 1. The molecule has 2 aliphatic rings. The second-order valence-electron chi connectivity index (χ2n) is 5.45. The third kappa shape index (κ3) is 3.11. The van der Waals surface area contributed by atoms with Crippen molar-refractivity contribution in [2.45, 2.75) is 56.9 Å². The Bertz CT molecular complexity index is 317. The maximum atomic E-state index is 12.1. The van der Waals surface area contributed by atoms with E-state index in [1.54, 1.807) is 0 Å². The molecule has 1 N–H and O–H groups in total. The van der Waals surface area contributed by atoms with Crippen molar-refractivity contribution in [3.8, 4) is 0 Å². The van der Waals surface area contributed by atoms with Crippen molar-refractivity contribution in [3.63, 3.8) is 0 Å². The topological polar surface area (TPSA) is 46.2 Å². The highest BCUT2D eigenvalue weighted by Gasteiger charge is 2.39. The second kappa shape index (κ2) is 5.23. The Morgan fingerprint density at radius 3 is 2.12 bits per heavy atom. The molecule has 2 aliphatic heterocycles. The minimum atomic E-state index is -2.85. The van der Waals surface area contributed by atoms with Crippen molar-refractivity contribution >= 4 is 22.2 Å². The lowest BCUT2D eigenvalue weighted by atomic mass is 10.1. The van der Waals surface area contributed by atoms with Gasteiger partial charge in [0.25, 0.3) is 0 Å². The summed E-state index contributed by atoms with van der Waals surface area (Å²) in [4.78, 5) is 0. The van der Waals surface area contributed by atoms with Gasteiger partial charge in [-0.1, -0.05) is 13.8 Å². The number of hydrogen-bond acceptors (Lipinski definition) is 3. The SMILES string of the molecule is CC(C)CS(=O)(=O)C1CC2CCC(C1)N2.Cl. The Balaban J connectivity index is 0.00000128. The van der Waals surface area contributed by atoms with Gasteiger partial charge < -0.3 is 5.32 Å². The Labute approximate surface area is 105 Å². The number of rotatable bonds is 3. The van der Waals surface area contributed by atoms with Gasteiger partial charge in [0.1, 0.15) is 0 Å². The minimum absolute atomic E-state index is 0. The lowest BCUT2D eigenvalue weighted by Gasteiger charge is -2.29. The van der Waals surface area contributed by atoms with Crippen molar-refractivity contribution in [1.29, 1.82) is 0 Å². The van der Waals surface area contributed by atoms with Crippen LogP contribution in [0.4, 0.5) is 0 Å². The summed E-state index contributed by atoms with van der Waals surface area (Å²) in [5.74, 6) is 0.611. The number of hydrogen-bond donors (Lipinski definition) is 1. The van der Waals surface area contributed by atoms with Crippen LogP contribution in [-0.2, 0) is 9.84 Å². The van der Waals surface area contributed by atoms with Crippen LogP contribution >= 0.6 is 12.4 Å². The van der Waals surface area contributed by atoms with E-state index in [1.807, 2.05) is 13.8 Å². The summed E-state index contributed by atoms with van der Waals surface area (Å²) in [6.07, 6.45) is 4.01. The molecule has 96 valence electrons. The van der Waals surface area contributed by atoms with Crippen molar-refractivity contribution < 1.29 is 8.42 Å². The van der Waals surface area contributed by atoms with Gasteiger partial charge >= 0.3 is 0 Å². The summed E-state index contributed by atoms with van der Waals surface area (Å²) >= 11 is 0. The second-order valence-corrected chi connectivity index (χ2v) is 7.78. The van der Waals surface area contributed by atoms with Crippen LogP contribution in [0, 0.1) is 5.92 Å². The molecule has 0 aromatic rings. The van der Waals surface area contributed by atoms with Crippen molar-refractivity contribution in [2.24, 2.45) is 5.92 Å². The zero-order valence-electron chi connectivity index (χ0n) is 9.98. The number of fused-ring (bicyclic) bond motifs is 2. The van der Waals surface area contributed by atoms with Crippen LogP contribution in [0.2, 0.25) is 0 Å². The summed E-state index contributed by atoms with van der Waals surface area (Å²) in [6.45, 7) is 3.96. The molecule has 0 aliphatic carbocycles. The molecule has 0 saturated carbocycles. The van der Waals surface area contributed by atoms with Gasteiger partial charge in [0.2, 0.25) is 0 Å². The fourth-order valence-electron chi connectivity index (χ4n) is 2.90. The van der Waals surface area contributed by atoms with E-state index < -0.39 is 9.84 Å². The zero-order chi connectivity index (χ0) is 11.1. The normalized spacial score (nSPS) is 33.8. The van der Waals surface area contributed by atoms with Crippen LogP contribution in [0.5, 0.6) is 0 Å². The van der Waals surface area contributed by atoms with Crippen molar-refractivity contribution in [2.75, 3.05) is 5.75 Å². The largest absolute Gasteiger partial charge is 0.311 e. The third-order valence-corrected chi connectivity index (χ3v) is 6.04. The van der Waals surface area contributed by atoms with Crippen LogP contribution in [0.3, 0.4) is 0 Å². The average Bonchev–Trinajstić information content (AvgIpc) is 2.43. The molecule has 5 heteroatoms. The summed E-state index contributed by atoms with van der Waals surface area (Å²) < 4.78 is 24.2. The highest BCUT2D eigenvalue weighted by Crippen LogP contribution is 2.31. The Morgan fingerprint density at radius 1 is 1.19 bits per heavy atom. The van der Waals surface area contributed by atoms with E-state index in [0.29, 0.717) is 17.8 Å². The Morgan fingerprint density at radius 2 is 1.69 bits per heavy atom. The summed E-state index contributed by atoms with van der Waals surface area (Å²) in [5.41, 5.74) is 0. The smallest absolute Gasteiger partial charge is 0.153 e. The van der Waals surface area contributed by atoms with E-state index >= 15 is 0 Å². The molecule has 0 spiro atoms. The maximum Gasteiger partial charge on any atom is 0.153 e. The average molecular weight is 268 g/mol. The molecule has 0 aromatic carbocycles. The third-order valence-electron chi connectivity index (χ3n) is 3.50. The van der Waals surface area contributed by atoms with Gasteiger partial charge in [-0.15, -0.1) is 12.4 Å². The van der Waals surface area contributed by atoms with Crippen LogP contribution in [0.25, 0.3) is 0 Å². The van der Waals surface area contributed by atoms with E-state index in [-0.39, 0.29) is 23.6 Å². The Hall–Kier alpha value is 0.200. The minimum Gasteiger partial charge on any atom is -0.311 e. The lowest BCUT2D eigenvalue weighted by Crippen LogP contribution is -2.44. The fourth-order valence-corrected chi connectivity index (χ4v) is 5.15. The predicted octanol–water partition coefficient (Wildman–Crippen LogP) is 1.76. The quantitative estimate of drug-likeness (QED) is 0.848. The number of nitrogens with one attached hydrogen (secondary N) is 1. The first-order valence-electron chi connectivity index (χ1n) is 5.95. The van der Waals surface area contributed by atoms with Gasteiger partial charge in [0.05, 0.1) is 11.0 Å². The fraction of sp³-hybridized carbons (Fsp3) is 1.00. The molecule has 0 aromatic heterocycles. The molecule has 2 bridgehead atoms. The molecule has 0 amide bonds. The van der Waals surface area contributed by atoms with Gasteiger partial charge in [-0.05, 0) is 31.6 Å². The van der Waals surface area contributed by atoms with Crippen LogP contribution in [0.15, 0.2) is 0 Å². The monoisotopic (exact) mass is 267 g/mol. The molecule has 2 heterocycles. The molecule has 2 saturated heterocycles. The summed E-state index contributed by atoms with van der Waals surface area (Å²) in [5, 5.41) is 3.41. The first-order chi connectivity index (χ1) is 6.97. The molecule has 2 fully saturated rings. The standard InChI is InChI=1S/C11H21NO2S.ClH/c1-8(2)7-15(13,14)11-5-9-3-4-10(6-11)12-9;/h8-12H,3-7H2,1-2H3;1H. The molecular formula is C11H22ClNO2S. The highest BCUT2D eigenvalue weighted by molar-refractivity contribution is 7.92. The van der Waals surface area contributed by atoms with Gasteiger partial charge in [-0.25, -0.2) is 8.42 Å². The zero-order valence-corrected chi connectivity index (χ0v) is 11.6. The molecule has 16 heavy (non-hydrogen) atoms. The number of sulfone groups is 1. The summed E-state index contributed by atoms with van der Waals surface area (Å²) in [7, 11) is -2.85. The van der Waals surface area contributed by atoms with Crippen molar-refractivity contribution in [3.05, 3.63) is 0 Å². The molecule has 3 nitrogen and oxygen atoms in total. The van der Waals surface area contributed by atoms with E-state index in [9.17, 15) is 8.42 Å². The molecule has 2 unspecified atom stereocenters. The van der Waals surface area contributed by atoms with E-state index in [1.165, 1.54) is 12.8 Å². The van der Waals surface area contributed by atoms with Crippen LogP contribution in [-0.4, -0.2) is 31.5 Å². The lowest BCUT2D eigenvalue weighted by molar-refractivity contribution is 0.400.